The first-order valence-corrected chi connectivity index (χ1v) is 4.11. The summed E-state index contributed by atoms with van der Waals surface area (Å²) in [6.45, 7) is 1.26. The van der Waals surface area contributed by atoms with Gasteiger partial charge in [0.05, 0.1) is 27.7 Å². The van der Waals surface area contributed by atoms with Crippen molar-refractivity contribution in [3.63, 3.8) is 0 Å². The van der Waals surface area contributed by atoms with Gasteiger partial charge in [-0.25, -0.2) is 0 Å². The first-order chi connectivity index (χ1) is 4.06. The summed E-state index contributed by atoms with van der Waals surface area (Å²) in [5, 5.41) is 0. The van der Waals surface area contributed by atoms with Gasteiger partial charge in [-0.2, -0.15) is 12.6 Å². The third-order valence-corrected chi connectivity index (χ3v) is 1.55. The Kier molecular flexibility index (Phi) is 4.32. The molecule has 0 aromatic carbocycles. The maximum atomic E-state index is 4.14. The summed E-state index contributed by atoms with van der Waals surface area (Å²) in [5.74, 6) is 1.03. The zero-order valence-corrected chi connectivity index (χ0v) is 7.62. The van der Waals surface area contributed by atoms with Crippen molar-refractivity contribution in [2.45, 2.75) is 12.8 Å². The van der Waals surface area contributed by atoms with Crippen LogP contribution in [-0.2, 0) is 0 Å². The standard InChI is InChI=1S/C7H17NS/c1-8(2,3)6-4-5-7-9/h4-7H2,1-3H3/p+1. The summed E-state index contributed by atoms with van der Waals surface area (Å²) in [4.78, 5) is 0. The molecule has 0 aromatic heterocycles. The van der Waals surface area contributed by atoms with E-state index in [0.29, 0.717) is 0 Å². The van der Waals surface area contributed by atoms with Crippen LogP contribution in [0.25, 0.3) is 0 Å². The van der Waals surface area contributed by atoms with Gasteiger partial charge in [0.1, 0.15) is 0 Å². The van der Waals surface area contributed by atoms with Crippen LogP contribution in [-0.4, -0.2) is 37.9 Å². The predicted molar refractivity (Wildman–Crippen MR) is 46.0 cm³/mol. The molecule has 56 valence electrons. The second-order valence-corrected chi connectivity index (χ2v) is 3.89. The number of unbranched alkanes of at least 4 members (excludes halogenated alkanes) is 1. The van der Waals surface area contributed by atoms with E-state index >= 15 is 0 Å². The fraction of sp³-hybridized carbons (Fsp3) is 1.00. The molecule has 2 heteroatoms. The van der Waals surface area contributed by atoms with Crippen molar-refractivity contribution in [2.75, 3.05) is 33.4 Å². The van der Waals surface area contributed by atoms with Gasteiger partial charge in [-0.05, 0) is 18.6 Å². The highest BCUT2D eigenvalue weighted by atomic mass is 32.1. The van der Waals surface area contributed by atoms with Gasteiger partial charge >= 0.3 is 0 Å². The van der Waals surface area contributed by atoms with Crippen LogP contribution in [0.5, 0.6) is 0 Å². The van der Waals surface area contributed by atoms with Crippen molar-refractivity contribution < 1.29 is 4.48 Å². The van der Waals surface area contributed by atoms with Gasteiger partial charge in [0.25, 0.3) is 0 Å². The fourth-order valence-electron chi connectivity index (χ4n) is 0.698. The molecule has 0 atom stereocenters. The Balaban J connectivity index is 3.07. The van der Waals surface area contributed by atoms with Crippen molar-refractivity contribution in [2.24, 2.45) is 0 Å². The summed E-state index contributed by atoms with van der Waals surface area (Å²) in [5.41, 5.74) is 0. The SMILES string of the molecule is C[N+](C)(C)CCCCS. The molecule has 0 unspecified atom stereocenters. The maximum Gasteiger partial charge on any atom is 0.0780 e. The highest BCUT2D eigenvalue weighted by molar-refractivity contribution is 7.80. The molecule has 0 heterocycles. The molecule has 0 saturated heterocycles. The van der Waals surface area contributed by atoms with E-state index in [0.717, 1.165) is 10.2 Å². The summed E-state index contributed by atoms with van der Waals surface area (Å²) < 4.78 is 1.08. The van der Waals surface area contributed by atoms with Gasteiger partial charge in [0.2, 0.25) is 0 Å². The third kappa shape index (κ3) is 8.31. The summed E-state index contributed by atoms with van der Waals surface area (Å²) in [6, 6.07) is 0. The molecule has 0 aliphatic heterocycles. The monoisotopic (exact) mass is 148 g/mol. The van der Waals surface area contributed by atoms with Crippen LogP contribution in [0, 0.1) is 0 Å². The number of nitrogens with zero attached hydrogens (tertiary/aromatic N) is 1. The van der Waals surface area contributed by atoms with Crippen molar-refractivity contribution in [3.05, 3.63) is 0 Å². The molecule has 0 N–H and O–H groups in total. The summed E-state index contributed by atoms with van der Waals surface area (Å²) in [7, 11) is 6.66. The largest absolute Gasteiger partial charge is 0.331 e. The lowest BCUT2D eigenvalue weighted by atomic mass is 10.3. The van der Waals surface area contributed by atoms with Crippen molar-refractivity contribution in [1.82, 2.24) is 0 Å². The van der Waals surface area contributed by atoms with Gasteiger partial charge in [0, 0.05) is 0 Å². The predicted octanol–water partition coefficient (Wildman–Crippen LogP) is 1.40. The maximum absolute atomic E-state index is 4.14. The van der Waals surface area contributed by atoms with Gasteiger partial charge < -0.3 is 4.48 Å². The third-order valence-electron chi connectivity index (χ3n) is 1.24. The Bertz CT molecular complexity index is 65.8. The molecule has 0 amide bonds. The topological polar surface area (TPSA) is 0 Å². The molecular formula is C7H18NS+. The molecule has 0 fully saturated rings. The van der Waals surface area contributed by atoms with Gasteiger partial charge in [0.15, 0.2) is 0 Å². The van der Waals surface area contributed by atoms with Crippen LogP contribution in [0.2, 0.25) is 0 Å². The number of hydrogen-bond donors (Lipinski definition) is 1. The van der Waals surface area contributed by atoms with Crippen LogP contribution in [0.3, 0.4) is 0 Å². The minimum Gasteiger partial charge on any atom is -0.331 e. The van der Waals surface area contributed by atoms with Crippen LogP contribution in [0.1, 0.15) is 12.8 Å². The summed E-state index contributed by atoms with van der Waals surface area (Å²) in [6.07, 6.45) is 2.55. The molecule has 0 bridgehead atoms. The highest BCUT2D eigenvalue weighted by Crippen LogP contribution is 1.97. The Labute approximate surface area is 64.1 Å². The molecule has 1 nitrogen and oxygen atoms in total. The molecular weight excluding hydrogens is 130 g/mol. The molecule has 0 rings (SSSR count). The molecule has 0 spiro atoms. The van der Waals surface area contributed by atoms with E-state index < -0.39 is 0 Å². The first-order valence-electron chi connectivity index (χ1n) is 3.47. The van der Waals surface area contributed by atoms with Crippen molar-refractivity contribution in [1.29, 1.82) is 0 Å². The van der Waals surface area contributed by atoms with Crippen LogP contribution in [0.4, 0.5) is 0 Å². The zero-order valence-electron chi connectivity index (χ0n) is 6.72. The van der Waals surface area contributed by atoms with E-state index in [1.54, 1.807) is 0 Å². The molecule has 0 radical (unpaired) electrons. The second kappa shape index (κ2) is 4.18. The first kappa shape index (κ1) is 9.31. The number of rotatable bonds is 4. The lowest BCUT2D eigenvalue weighted by Crippen LogP contribution is -2.35. The second-order valence-electron chi connectivity index (χ2n) is 3.44. The minimum atomic E-state index is 1.03. The van der Waals surface area contributed by atoms with Crippen LogP contribution in [0.15, 0.2) is 0 Å². The molecule has 9 heavy (non-hydrogen) atoms. The number of hydrogen-bond acceptors (Lipinski definition) is 1. The van der Waals surface area contributed by atoms with E-state index in [1.165, 1.54) is 19.4 Å². The average molecular weight is 148 g/mol. The molecule has 0 aliphatic rings. The fourth-order valence-corrected chi connectivity index (χ4v) is 0.922. The van der Waals surface area contributed by atoms with Gasteiger partial charge in [-0.3, -0.25) is 0 Å². The smallest absolute Gasteiger partial charge is 0.0780 e. The van der Waals surface area contributed by atoms with E-state index in [4.69, 9.17) is 0 Å². The normalized spacial score (nSPS) is 12.0. The Hall–Kier alpha value is 0.310. The van der Waals surface area contributed by atoms with E-state index in [2.05, 4.69) is 33.8 Å². The number of thiol groups is 1. The van der Waals surface area contributed by atoms with Crippen LogP contribution >= 0.6 is 12.6 Å². The van der Waals surface area contributed by atoms with Gasteiger partial charge in [-0.1, -0.05) is 0 Å². The van der Waals surface area contributed by atoms with E-state index in [1.807, 2.05) is 0 Å². The molecule has 0 aromatic rings. The minimum absolute atomic E-state index is 1.03. The van der Waals surface area contributed by atoms with E-state index in [9.17, 15) is 0 Å². The number of quaternary nitrogens is 1. The Morgan fingerprint density at radius 3 is 2.00 bits per heavy atom. The molecule has 0 aliphatic carbocycles. The lowest BCUT2D eigenvalue weighted by Gasteiger charge is -2.23. The summed E-state index contributed by atoms with van der Waals surface area (Å²) >= 11 is 4.14. The highest BCUT2D eigenvalue weighted by Gasteiger charge is 2.03. The Morgan fingerprint density at radius 2 is 1.67 bits per heavy atom. The van der Waals surface area contributed by atoms with Crippen LogP contribution < -0.4 is 0 Å². The van der Waals surface area contributed by atoms with Gasteiger partial charge in [-0.15, -0.1) is 0 Å². The van der Waals surface area contributed by atoms with E-state index in [-0.39, 0.29) is 0 Å². The van der Waals surface area contributed by atoms with Crippen molar-refractivity contribution in [3.8, 4) is 0 Å². The van der Waals surface area contributed by atoms with Crippen molar-refractivity contribution >= 4 is 12.6 Å². The zero-order chi connectivity index (χ0) is 7.33. The Morgan fingerprint density at radius 1 is 1.11 bits per heavy atom. The lowest BCUT2D eigenvalue weighted by molar-refractivity contribution is -0.870. The quantitative estimate of drug-likeness (QED) is 0.348. The molecule has 0 saturated carbocycles. The average Bonchev–Trinajstić information content (AvgIpc) is 1.63.